The number of amides is 1. The zero-order chi connectivity index (χ0) is 24.0. The molecule has 0 saturated carbocycles. The van der Waals surface area contributed by atoms with Crippen molar-refractivity contribution in [1.29, 1.82) is 5.26 Å². The summed E-state index contributed by atoms with van der Waals surface area (Å²) in [5, 5.41) is 11.3. The molecule has 3 rings (SSSR count). The molecule has 3 aromatic rings. The minimum atomic E-state index is -3.60. The second kappa shape index (κ2) is 10.2. The van der Waals surface area contributed by atoms with Crippen LogP contribution >= 0.6 is 11.5 Å². The molecule has 168 valence electrons. The second-order valence-corrected chi connectivity index (χ2v) is 9.66. The molecule has 1 aromatic heterocycles. The molecule has 0 spiro atoms. The van der Waals surface area contributed by atoms with E-state index in [0.29, 0.717) is 28.4 Å². The Kier molecular flexibility index (Phi) is 7.32. The highest BCUT2D eigenvalue weighted by Crippen LogP contribution is 2.19. The fourth-order valence-corrected chi connectivity index (χ4v) is 4.15. The molecule has 11 heteroatoms. The van der Waals surface area contributed by atoms with Crippen LogP contribution in [0.15, 0.2) is 59.3 Å². The molecule has 0 radical (unpaired) electrons. The van der Waals surface area contributed by atoms with Gasteiger partial charge in [0.2, 0.25) is 15.0 Å². The van der Waals surface area contributed by atoms with Crippen LogP contribution in [-0.2, 0) is 14.6 Å². The molecule has 0 atom stereocenters. The van der Waals surface area contributed by atoms with Crippen molar-refractivity contribution in [2.45, 2.75) is 19.0 Å². The minimum absolute atomic E-state index is 0.0356. The molecule has 0 unspecified atom stereocenters. The predicted octanol–water partition coefficient (Wildman–Crippen LogP) is 3.41. The molecule has 1 amide bonds. The lowest BCUT2D eigenvalue weighted by molar-refractivity contribution is -0.112. The van der Waals surface area contributed by atoms with Crippen molar-refractivity contribution < 1.29 is 22.7 Å². The number of anilines is 1. The van der Waals surface area contributed by atoms with Crippen LogP contribution in [-0.4, -0.2) is 35.4 Å². The zero-order valence-electron chi connectivity index (χ0n) is 17.6. The minimum Gasteiger partial charge on any atom is -0.423 e. The van der Waals surface area contributed by atoms with Gasteiger partial charge < -0.3 is 4.74 Å². The third-order valence-electron chi connectivity index (χ3n) is 4.31. The molecule has 0 aliphatic heterocycles. The second-order valence-electron chi connectivity index (χ2n) is 6.74. The van der Waals surface area contributed by atoms with E-state index in [9.17, 15) is 23.3 Å². The number of rotatable bonds is 7. The van der Waals surface area contributed by atoms with Crippen LogP contribution in [0.25, 0.3) is 6.08 Å². The van der Waals surface area contributed by atoms with Gasteiger partial charge in [0.15, 0.2) is 0 Å². The van der Waals surface area contributed by atoms with E-state index in [1.54, 1.807) is 48.5 Å². The molecule has 0 saturated heterocycles. The highest BCUT2D eigenvalue weighted by atomic mass is 32.2. The molecule has 9 nitrogen and oxygen atoms in total. The van der Waals surface area contributed by atoms with Gasteiger partial charge >= 0.3 is 5.97 Å². The molecule has 2 aromatic carbocycles. The number of aromatic nitrogens is 2. The molecular weight excluding hydrogens is 464 g/mol. The average Bonchev–Trinajstić information content (AvgIpc) is 3.27. The summed E-state index contributed by atoms with van der Waals surface area (Å²) >= 11 is 0.704. The maximum Gasteiger partial charge on any atom is 0.343 e. The lowest BCUT2D eigenvalue weighted by Crippen LogP contribution is -2.13. The maximum atomic E-state index is 12.4. The van der Waals surface area contributed by atoms with E-state index in [2.05, 4.69) is 14.7 Å². The Morgan fingerprint density at radius 3 is 2.58 bits per heavy atom. The summed E-state index contributed by atoms with van der Waals surface area (Å²) in [5.41, 5.74) is 1.65. The number of carbonyl (C=O) groups excluding carboxylic acids is 2. The van der Waals surface area contributed by atoms with Crippen molar-refractivity contribution in [3.05, 3.63) is 70.8 Å². The van der Waals surface area contributed by atoms with Crippen molar-refractivity contribution in [2.75, 3.05) is 11.1 Å². The van der Waals surface area contributed by atoms with Gasteiger partial charge in [-0.25, -0.2) is 13.2 Å². The number of ether oxygens (including phenoxy) is 1. The average molecular weight is 483 g/mol. The van der Waals surface area contributed by atoms with Crippen molar-refractivity contribution in [3.63, 3.8) is 0 Å². The summed E-state index contributed by atoms with van der Waals surface area (Å²) in [5.74, 6) is -1.12. The number of hydrogen-bond acceptors (Lipinski definition) is 9. The molecule has 0 aliphatic carbocycles. The zero-order valence-corrected chi connectivity index (χ0v) is 19.2. The molecule has 0 bridgehead atoms. The van der Waals surface area contributed by atoms with Crippen LogP contribution in [0.1, 0.15) is 28.4 Å². The van der Waals surface area contributed by atoms with Crippen molar-refractivity contribution >= 4 is 44.5 Å². The molecule has 1 N–H and O–H groups in total. The summed E-state index contributed by atoms with van der Waals surface area (Å²) < 4.78 is 32.7. The number of sulfone groups is 1. The Morgan fingerprint density at radius 2 is 1.94 bits per heavy atom. The van der Waals surface area contributed by atoms with Gasteiger partial charge in [-0.15, -0.1) is 0 Å². The fraction of sp³-hybridized carbons (Fsp3) is 0.136. The Bertz CT molecular complexity index is 1370. The summed E-state index contributed by atoms with van der Waals surface area (Å²) in [6, 6.07) is 15.1. The summed E-state index contributed by atoms with van der Waals surface area (Å²) in [7, 11) is -3.60. The maximum absolute atomic E-state index is 12.4. The lowest BCUT2D eigenvalue weighted by Gasteiger charge is -2.05. The van der Waals surface area contributed by atoms with E-state index < -0.39 is 21.7 Å². The van der Waals surface area contributed by atoms with Gasteiger partial charge in [-0.2, -0.15) is 14.6 Å². The van der Waals surface area contributed by atoms with Crippen LogP contribution in [0, 0.1) is 18.3 Å². The first-order chi connectivity index (χ1) is 15.7. The van der Waals surface area contributed by atoms with Gasteiger partial charge in [0.1, 0.15) is 17.4 Å². The number of benzene rings is 2. The highest BCUT2D eigenvalue weighted by Gasteiger charge is 2.20. The summed E-state index contributed by atoms with van der Waals surface area (Å²) in [4.78, 5) is 28.4. The monoisotopic (exact) mass is 482 g/mol. The van der Waals surface area contributed by atoms with Crippen LogP contribution in [0.2, 0.25) is 0 Å². The van der Waals surface area contributed by atoms with Gasteiger partial charge in [0.05, 0.1) is 11.3 Å². The van der Waals surface area contributed by atoms with Crippen molar-refractivity contribution in [3.8, 4) is 11.8 Å². The first kappa shape index (κ1) is 23.8. The molecule has 0 aliphatic rings. The number of esters is 1. The number of carbonyl (C=O) groups is 2. The third kappa shape index (κ3) is 6.09. The standard InChI is InChI=1S/C22H18N4O5S2/c1-3-33(29,30)22-25-21(32-26-22)24-19(27)17(13-23)12-15-7-9-18(10-8-15)31-20(28)16-6-4-5-14(2)11-16/h4-12H,3H2,1-2H3,(H,24,25,26,27)/b17-12-. The highest BCUT2D eigenvalue weighted by molar-refractivity contribution is 7.91. The van der Waals surface area contributed by atoms with E-state index in [1.165, 1.54) is 13.0 Å². The van der Waals surface area contributed by atoms with Gasteiger partial charge in [0.25, 0.3) is 11.1 Å². The van der Waals surface area contributed by atoms with Crippen LogP contribution in [0.5, 0.6) is 5.75 Å². The lowest BCUT2D eigenvalue weighted by atomic mass is 10.1. The van der Waals surface area contributed by atoms with E-state index in [-0.39, 0.29) is 21.6 Å². The summed E-state index contributed by atoms with van der Waals surface area (Å²) in [6.45, 7) is 3.33. The van der Waals surface area contributed by atoms with Crippen molar-refractivity contribution in [1.82, 2.24) is 9.36 Å². The SMILES string of the molecule is CCS(=O)(=O)c1nsc(NC(=O)/C(C#N)=C\c2ccc(OC(=O)c3cccc(C)c3)cc2)n1. The Morgan fingerprint density at radius 1 is 1.21 bits per heavy atom. The van der Waals surface area contributed by atoms with Crippen LogP contribution in [0.4, 0.5) is 5.13 Å². The van der Waals surface area contributed by atoms with Crippen LogP contribution in [0.3, 0.4) is 0 Å². The number of aryl methyl sites for hydroxylation is 1. The van der Waals surface area contributed by atoms with Gasteiger partial charge in [0, 0.05) is 11.5 Å². The van der Waals surface area contributed by atoms with E-state index >= 15 is 0 Å². The molecule has 1 heterocycles. The topological polar surface area (TPSA) is 139 Å². The first-order valence-electron chi connectivity index (χ1n) is 9.60. The number of nitrogens with zero attached hydrogens (tertiary/aromatic N) is 3. The van der Waals surface area contributed by atoms with E-state index in [1.807, 2.05) is 13.0 Å². The molecular formula is C22H18N4O5S2. The van der Waals surface area contributed by atoms with Crippen LogP contribution < -0.4 is 10.1 Å². The van der Waals surface area contributed by atoms with Crippen molar-refractivity contribution in [2.24, 2.45) is 0 Å². The van der Waals surface area contributed by atoms with E-state index in [0.717, 1.165) is 5.56 Å². The first-order valence-corrected chi connectivity index (χ1v) is 12.0. The largest absolute Gasteiger partial charge is 0.423 e. The Labute approximate surface area is 194 Å². The molecule has 33 heavy (non-hydrogen) atoms. The quantitative estimate of drug-likeness (QED) is 0.234. The smallest absolute Gasteiger partial charge is 0.343 e. The Balaban J connectivity index is 1.69. The summed E-state index contributed by atoms with van der Waals surface area (Å²) in [6.07, 6.45) is 1.34. The third-order valence-corrected chi connectivity index (χ3v) is 6.55. The number of nitrogens with one attached hydrogen (secondary N) is 1. The Hall–Kier alpha value is -3.88. The number of hydrogen-bond donors (Lipinski definition) is 1. The predicted molar refractivity (Wildman–Crippen MR) is 122 cm³/mol. The van der Waals surface area contributed by atoms with Gasteiger partial charge in [-0.05, 0) is 42.8 Å². The fourth-order valence-electron chi connectivity index (χ4n) is 2.57. The van der Waals surface area contributed by atoms with Gasteiger partial charge in [-0.1, -0.05) is 36.8 Å². The number of nitriles is 1. The van der Waals surface area contributed by atoms with Gasteiger partial charge in [-0.3, -0.25) is 10.1 Å². The normalized spacial score (nSPS) is 11.5. The molecule has 0 fully saturated rings. The van der Waals surface area contributed by atoms with E-state index in [4.69, 9.17) is 4.74 Å².